The molecule has 0 aliphatic carbocycles. The molecular weight excluding hydrogens is 316 g/mol. The van der Waals surface area contributed by atoms with Gasteiger partial charge in [-0.2, -0.15) is 0 Å². The minimum absolute atomic E-state index is 0.00840. The molecule has 2 rings (SSSR count). The molecule has 0 unspecified atom stereocenters. The highest BCUT2D eigenvalue weighted by atomic mass is 16.5. The Morgan fingerprint density at radius 1 is 1.00 bits per heavy atom. The number of ether oxygens (including phenoxy) is 1. The van der Waals surface area contributed by atoms with Crippen molar-refractivity contribution in [1.82, 2.24) is 9.80 Å². The second-order valence-corrected chi connectivity index (χ2v) is 7.24. The maximum Gasteiger partial charge on any atom is 0.257 e. The first kappa shape index (κ1) is 19.3. The van der Waals surface area contributed by atoms with Gasteiger partial charge in [-0.15, -0.1) is 0 Å². The molecule has 0 saturated carbocycles. The van der Waals surface area contributed by atoms with E-state index >= 15 is 0 Å². The molecule has 25 heavy (non-hydrogen) atoms. The summed E-state index contributed by atoms with van der Waals surface area (Å²) >= 11 is 0. The summed E-state index contributed by atoms with van der Waals surface area (Å²) in [6, 6.07) is 5.80. The Hall–Kier alpha value is -2.04. The van der Waals surface area contributed by atoms with Gasteiger partial charge in [0.1, 0.15) is 5.75 Å². The largest absolute Gasteiger partial charge is 0.496 e. The molecule has 0 spiro atoms. The number of hydrogen-bond donors (Lipinski definition) is 0. The molecule has 5 nitrogen and oxygen atoms in total. The average molecular weight is 346 g/mol. The summed E-state index contributed by atoms with van der Waals surface area (Å²) in [6.45, 7) is 10.6. The van der Waals surface area contributed by atoms with Gasteiger partial charge in [0.25, 0.3) is 5.91 Å². The van der Waals surface area contributed by atoms with Crippen molar-refractivity contribution in [1.29, 1.82) is 0 Å². The Balaban J connectivity index is 2.14. The third-order valence-corrected chi connectivity index (χ3v) is 4.71. The Morgan fingerprint density at radius 2 is 1.64 bits per heavy atom. The van der Waals surface area contributed by atoms with Gasteiger partial charge in [-0.3, -0.25) is 9.59 Å². The summed E-state index contributed by atoms with van der Waals surface area (Å²) < 4.78 is 5.46. The van der Waals surface area contributed by atoms with Gasteiger partial charge in [-0.05, 0) is 30.0 Å². The third kappa shape index (κ3) is 4.53. The number of hydrogen-bond acceptors (Lipinski definition) is 3. The molecule has 5 heteroatoms. The van der Waals surface area contributed by atoms with Gasteiger partial charge in [0.05, 0.1) is 12.7 Å². The van der Waals surface area contributed by atoms with Crippen LogP contribution < -0.4 is 4.74 Å². The lowest BCUT2D eigenvalue weighted by molar-refractivity contribution is -0.134. The van der Waals surface area contributed by atoms with E-state index in [0.29, 0.717) is 43.4 Å². The summed E-state index contributed by atoms with van der Waals surface area (Å²) in [6.07, 6.45) is 0.802. The van der Waals surface area contributed by atoms with E-state index in [1.807, 2.05) is 41.8 Å². The van der Waals surface area contributed by atoms with E-state index in [0.717, 1.165) is 12.0 Å². The van der Waals surface area contributed by atoms with Crippen LogP contribution in [0.25, 0.3) is 0 Å². The van der Waals surface area contributed by atoms with Gasteiger partial charge >= 0.3 is 0 Å². The van der Waals surface area contributed by atoms with Crippen LogP contribution in [0.3, 0.4) is 0 Å². The van der Waals surface area contributed by atoms with Crippen LogP contribution in [0.15, 0.2) is 18.2 Å². The number of amides is 2. The highest BCUT2D eigenvalue weighted by Crippen LogP contribution is 2.26. The molecular formula is C20H30N2O3. The van der Waals surface area contributed by atoms with Crippen molar-refractivity contribution in [2.75, 3.05) is 33.3 Å². The molecule has 0 atom stereocenters. The van der Waals surface area contributed by atoms with Crippen molar-refractivity contribution in [3.63, 3.8) is 0 Å². The molecule has 0 bridgehead atoms. The SMILES string of the molecule is COc1cc(C(C)C)ccc1C(=O)N1CCCN(C(=O)C(C)C)CC1. The van der Waals surface area contributed by atoms with Crippen LogP contribution in [-0.2, 0) is 4.79 Å². The van der Waals surface area contributed by atoms with E-state index < -0.39 is 0 Å². The molecule has 0 aromatic heterocycles. The summed E-state index contributed by atoms with van der Waals surface area (Å²) in [5, 5.41) is 0. The number of methoxy groups -OCH3 is 1. The molecule has 1 saturated heterocycles. The van der Waals surface area contributed by atoms with Gasteiger partial charge < -0.3 is 14.5 Å². The number of benzene rings is 1. The van der Waals surface area contributed by atoms with Crippen LogP contribution in [0.1, 0.15) is 56.0 Å². The Morgan fingerprint density at radius 3 is 2.24 bits per heavy atom. The van der Waals surface area contributed by atoms with Crippen LogP contribution >= 0.6 is 0 Å². The molecule has 1 aromatic rings. The highest BCUT2D eigenvalue weighted by molar-refractivity contribution is 5.97. The molecule has 1 heterocycles. The summed E-state index contributed by atoms with van der Waals surface area (Å²) in [7, 11) is 1.60. The third-order valence-electron chi connectivity index (χ3n) is 4.71. The summed E-state index contributed by atoms with van der Waals surface area (Å²) in [5.41, 5.74) is 1.74. The van der Waals surface area contributed by atoms with Gasteiger partial charge in [0, 0.05) is 32.1 Å². The molecule has 1 fully saturated rings. The maximum absolute atomic E-state index is 13.0. The van der Waals surface area contributed by atoms with Crippen LogP contribution in [0, 0.1) is 5.92 Å². The Kier molecular flexibility index (Phi) is 6.45. The average Bonchev–Trinajstić information content (AvgIpc) is 2.85. The van der Waals surface area contributed by atoms with Gasteiger partial charge in [-0.1, -0.05) is 33.8 Å². The number of carbonyl (C=O) groups excluding carboxylic acids is 2. The lowest BCUT2D eigenvalue weighted by atomic mass is 10.0. The molecule has 138 valence electrons. The fraction of sp³-hybridized carbons (Fsp3) is 0.600. The van der Waals surface area contributed by atoms with E-state index in [1.165, 1.54) is 0 Å². The maximum atomic E-state index is 13.0. The van der Waals surface area contributed by atoms with Crippen molar-refractivity contribution < 1.29 is 14.3 Å². The van der Waals surface area contributed by atoms with Crippen LogP contribution in [0.4, 0.5) is 0 Å². The predicted octanol–water partition coefficient (Wildman–Crippen LogP) is 3.15. The molecule has 1 aliphatic heterocycles. The predicted molar refractivity (Wildman–Crippen MR) is 99.0 cm³/mol. The molecule has 1 aromatic carbocycles. The molecule has 0 N–H and O–H groups in total. The zero-order valence-electron chi connectivity index (χ0n) is 16.0. The van der Waals surface area contributed by atoms with Crippen molar-refractivity contribution >= 4 is 11.8 Å². The Bertz CT molecular complexity index is 625. The first-order valence-corrected chi connectivity index (χ1v) is 9.11. The lowest BCUT2D eigenvalue weighted by Crippen LogP contribution is -2.39. The quantitative estimate of drug-likeness (QED) is 0.841. The van der Waals surface area contributed by atoms with Crippen LogP contribution in [0.5, 0.6) is 5.75 Å². The number of nitrogens with zero attached hydrogens (tertiary/aromatic N) is 2. The minimum atomic E-state index is -0.0222. The molecule has 0 radical (unpaired) electrons. The van der Waals surface area contributed by atoms with E-state index in [2.05, 4.69) is 13.8 Å². The van der Waals surface area contributed by atoms with E-state index in [-0.39, 0.29) is 17.7 Å². The van der Waals surface area contributed by atoms with Crippen molar-refractivity contribution in [3.8, 4) is 5.75 Å². The van der Waals surface area contributed by atoms with Crippen molar-refractivity contribution in [3.05, 3.63) is 29.3 Å². The van der Waals surface area contributed by atoms with Gasteiger partial charge in [-0.25, -0.2) is 0 Å². The lowest BCUT2D eigenvalue weighted by Gasteiger charge is -2.24. The van der Waals surface area contributed by atoms with Crippen molar-refractivity contribution in [2.45, 2.75) is 40.0 Å². The second-order valence-electron chi connectivity index (χ2n) is 7.24. The Labute approximate surface area is 150 Å². The molecule has 2 amide bonds. The fourth-order valence-electron chi connectivity index (χ4n) is 3.12. The topological polar surface area (TPSA) is 49.9 Å². The zero-order valence-corrected chi connectivity index (χ0v) is 16.0. The first-order chi connectivity index (χ1) is 11.8. The number of rotatable bonds is 4. The van der Waals surface area contributed by atoms with Crippen LogP contribution in [-0.4, -0.2) is 54.9 Å². The van der Waals surface area contributed by atoms with E-state index in [9.17, 15) is 9.59 Å². The van der Waals surface area contributed by atoms with E-state index in [1.54, 1.807) is 7.11 Å². The molecule has 1 aliphatic rings. The summed E-state index contributed by atoms with van der Waals surface area (Å²) in [5.74, 6) is 1.13. The minimum Gasteiger partial charge on any atom is -0.496 e. The van der Waals surface area contributed by atoms with Crippen LogP contribution in [0.2, 0.25) is 0 Å². The second kappa shape index (κ2) is 8.37. The zero-order chi connectivity index (χ0) is 18.6. The monoisotopic (exact) mass is 346 g/mol. The number of carbonyl (C=O) groups is 2. The van der Waals surface area contributed by atoms with Gasteiger partial charge in [0.15, 0.2) is 0 Å². The van der Waals surface area contributed by atoms with Gasteiger partial charge in [0.2, 0.25) is 5.91 Å². The van der Waals surface area contributed by atoms with E-state index in [4.69, 9.17) is 4.74 Å². The van der Waals surface area contributed by atoms with Crippen molar-refractivity contribution in [2.24, 2.45) is 5.92 Å². The standard InChI is InChI=1S/C20H30N2O3/c1-14(2)16-7-8-17(18(13-16)25-5)20(24)22-10-6-9-21(11-12-22)19(23)15(3)4/h7-8,13-15H,6,9-12H2,1-5H3. The smallest absolute Gasteiger partial charge is 0.257 e. The normalized spacial score (nSPS) is 15.5. The first-order valence-electron chi connectivity index (χ1n) is 9.11. The fourth-order valence-corrected chi connectivity index (χ4v) is 3.12. The highest BCUT2D eigenvalue weighted by Gasteiger charge is 2.25. The summed E-state index contributed by atoms with van der Waals surface area (Å²) in [4.78, 5) is 28.9.